The van der Waals surface area contributed by atoms with Crippen molar-refractivity contribution in [1.29, 1.82) is 0 Å². The van der Waals surface area contributed by atoms with Crippen LogP contribution < -0.4 is 29.6 Å². The molecule has 2 N–H and O–H groups in total. The molecule has 292 valence electrons. The Hall–Kier alpha value is -5.22. The van der Waals surface area contributed by atoms with E-state index in [9.17, 15) is 19.2 Å². The lowest BCUT2D eigenvalue weighted by Gasteiger charge is -2.45. The van der Waals surface area contributed by atoms with Crippen LogP contribution in [0.2, 0.25) is 0 Å². The van der Waals surface area contributed by atoms with Gasteiger partial charge in [-0.25, -0.2) is 4.98 Å². The minimum absolute atomic E-state index is 0.0586. The van der Waals surface area contributed by atoms with Gasteiger partial charge in [-0.1, -0.05) is 12.1 Å². The third-order valence-corrected chi connectivity index (χ3v) is 11.7. The van der Waals surface area contributed by atoms with Crippen LogP contribution in [0, 0.1) is 13.8 Å². The predicted molar refractivity (Wildman–Crippen MR) is 210 cm³/mol. The Bertz CT molecular complexity index is 2070. The minimum Gasteiger partial charge on any atom is -0.493 e. The van der Waals surface area contributed by atoms with E-state index in [0.29, 0.717) is 57.7 Å². The largest absolute Gasteiger partial charge is 0.493 e. The molecule has 2 saturated heterocycles. The maximum Gasteiger partial charge on any atom is 0.253 e. The smallest absolute Gasteiger partial charge is 0.253 e. The molecule has 6 rings (SSSR count). The van der Waals surface area contributed by atoms with Crippen LogP contribution in [-0.2, 0) is 19.2 Å². The molecule has 2 fully saturated rings. The number of aryl methyl sites for hydroxylation is 2. The highest BCUT2D eigenvalue weighted by molar-refractivity contribution is 7.14. The van der Waals surface area contributed by atoms with Gasteiger partial charge in [0.25, 0.3) is 11.8 Å². The van der Waals surface area contributed by atoms with Crippen molar-refractivity contribution >= 4 is 56.6 Å². The van der Waals surface area contributed by atoms with E-state index in [-0.39, 0.29) is 49.6 Å². The van der Waals surface area contributed by atoms with Crippen LogP contribution >= 0.6 is 22.9 Å². The van der Waals surface area contributed by atoms with Crippen molar-refractivity contribution in [3.8, 4) is 23.0 Å². The van der Waals surface area contributed by atoms with Gasteiger partial charge in [0.15, 0.2) is 28.1 Å². The zero-order chi connectivity index (χ0) is 39.4. The number of likely N-dealkylation sites (tertiary alicyclic amines) is 2. The summed E-state index contributed by atoms with van der Waals surface area (Å²) in [5.74, 6) is -0.522. The summed E-state index contributed by atoms with van der Waals surface area (Å²) in [6, 6.07) is 11.3. The molecule has 0 saturated carbocycles. The zero-order valence-electron chi connectivity index (χ0n) is 32.0. The van der Waals surface area contributed by atoms with Crippen LogP contribution in [-0.4, -0.2) is 94.9 Å². The van der Waals surface area contributed by atoms with Gasteiger partial charge >= 0.3 is 0 Å². The summed E-state index contributed by atoms with van der Waals surface area (Å²) in [6.45, 7) is 9.92. The molecule has 2 aliphatic heterocycles. The fourth-order valence-corrected chi connectivity index (χ4v) is 8.70. The number of amides is 4. The Labute approximate surface area is 328 Å². The number of thiazole rings is 1. The molecule has 2 aromatic carbocycles. The summed E-state index contributed by atoms with van der Waals surface area (Å²) in [7, 11) is 3.11. The van der Waals surface area contributed by atoms with Crippen molar-refractivity contribution in [2.24, 2.45) is 0 Å². The number of rotatable bonds is 15. The number of anilines is 2. The highest BCUT2D eigenvalue weighted by atomic mass is 32.1. The quantitative estimate of drug-likeness (QED) is 0.151. The Kier molecular flexibility index (Phi) is 12.0. The van der Waals surface area contributed by atoms with E-state index < -0.39 is 23.4 Å². The van der Waals surface area contributed by atoms with Crippen molar-refractivity contribution in [3.63, 3.8) is 0 Å². The molecular weight excluding hydrogens is 745 g/mol. The van der Waals surface area contributed by atoms with Gasteiger partial charge in [0, 0.05) is 43.1 Å². The van der Waals surface area contributed by atoms with E-state index in [4.69, 9.17) is 18.9 Å². The summed E-state index contributed by atoms with van der Waals surface area (Å²) < 4.78 is 27.0. The highest BCUT2D eigenvalue weighted by Gasteiger charge is 2.58. The maximum atomic E-state index is 14.9. The van der Waals surface area contributed by atoms with Crippen LogP contribution in [0.1, 0.15) is 68.0 Å². The number of hydrogen-bond acceptors (Lipinski definition) is 12. The number of nitrogens with zero attached hydrogens (tertiary/aromatic N) is 4. The second kappa shape index (κ2) is 16.7. The number of carbonyl (C=O) groups excluding carboxylic acids is 4. The van der Waals surface area contributed by atoms with Crippen LogP contribution in [0.3, 0.4) is 0 Å². The van der Waals surface area contributed by atoms with Gasteiger partial charge in [-0.3, -0.25) is 19.2 Å². The molecule has 4 heterocycles. The van der Waals surface area contributed by atoms with Crippen LogP contribution in [0.4, 0.5) is 10.1 Å². The van der Waals surface area contributed by atoms with E-state index in [2.05, 4.69) is 20.0 Å². The molecule has 0 aliphatic carbocycles. The second-order valence-electron chi connectivity index (χ2n) is 13.7. The molecular formula is C39H46N6O8S2. The second-order valence-corrected chi connectivity index (χ2v) is 15.3. The molecule has 0 spiro atoms. The third kappa shape index (κ3) is 8.10. The number of aromatic nitrogens is 2. The molecule has 4 unspecified atom stereocenters. The van der Waals surface area contributed by atoms with Crippen molar-refractivity contribution in [2.75, 3.05) is 51.2 Å². The molecule has 14 nitrogen and oxygen atoms in total. The monoisotopic (exact) mass is 790 g/mol. The number of hydrogen-bond donors (Lipinski definition) is 2. The molecule has 16 heteroatoms. The van der Waals surface area contributed by atoms with Crippen LogP contribution in [0.5, 0.6) is 23.0 Å². The molecule has 2 aromatic heterocycles. The summed E-state index contributed by atoms with van der Waals surface area (Å²) in [4.78, 5) is 65.6. The topological polar surface area (TPSA) is 162 Å². The SMILES string of the molecule is CCOc1cc(C2CC(=O)N(C(C(=O)Nc3nc(C)cs3)C(C)(C(=O)Nc3cc(C)ns3)N3CC(c4ccc(OC)c(OCC)c4)CC3=O)C2)ccc1OC. The molecule has 4 amide bonds. The van der Waals surface area contributed by atoms with Gasteiger partial charge in [-0.15, -0.1) is 11.3 Å². The summed E-state index contributed by atoms with van der Waals surface area (Å²) in [5, 5.41) is 8.36. The molecule has 4 aromatic rings. The van der Waals surface area contributed by atoms with Gasteiger partial charge in [-0.05, 0) is 87.6 Å². The van der Waals surface area contributed by atoms with Gasteiger partial charge in [0.05, 0.1) is 38.8 Å². The van der Waals surface area contributed by atoms with Crippen LogP contribution in [0.25, 0.3) is 0 Å². The fourth-order valence-electron chi connectivity index (χ4n) is 7.36. The van der Waals surface area contributed by atoms with Crippen molar-refractivity contribution in [2.45, 2.75) is 70.9 Å². The lowest BCUT2D eigenvalue weighted by atomic mass is 9.86. The van der Waals surface area contributed by atoms with E-state index in [0.717, 1.165) is 22.7 Å². The van der Waals surface area contributed by atoms with Gasteiger partial charge in [0.2, 0.25) is 11.8 Å². The fraction of sp³-hybridized carbons (Fsp3) is 0.436. The maximum absolute atomic E-state index is 14.9. The first-order valence-corrected chi connectivity index (χ1v) is 19.7. The normalized spacial score (nSPS) is 18.5. The summed E-state index contributed by atoms with van der Waals surface area (Å²) in [5.41, 5.74) is 1.10. The Morgan fingerprint density at radius 2 is 1.45 bits per heavy atom. The Balaban J connectivity index is 1.43. The molecule has 0 radical (unpaired) electrons. The molecule has 4 atom stereocenters. The van der Waals surface area contributed by atoms with E-state index in [1.807, 2.05) is 38.1 Å². The number of nitrogens with one attached hydrogen (secondary N) is 2. The Morgan fingerprint density at radius 1 is 0.855 bits per heavy atom. The molecule has 2 aliphatic rings. The summed E-state index contributed by atoms with van der Waals surface area (Å²) in [6.07, 6.45) is 0.121. The first-order valence-electron chi connectivity index (χ1n) is 18.1. The number of methoxy groups -OCH3 is 2. The zero-order valence-corrected chi connectivity index (χ0v) is 33.6. The van der Waals surface area contributed by atoms with E-state index >= 15 is 0 Å². The molecule has 0 bridgehead atoms. The van der Waals surface area contributed by atoms with Crippen LogP contribution in [0.15, 0.2) is 47.8 Å². The van der Waals surface area contributed by atoms with Gasteiger partial charge < -0.3 is 39.4 Å². The predicted octanol–water partition coefficient (Wildman–Crippen LogP) is 5.77. The number of carbonyl (C=O) groups is 4. The highest BCUT2D eigenvalue weighted by Crippen LogP contribution is 2.42. The van der Waals surface area contributed by atoms with E-state index in [1.54, 1.807) is 58.6 Å². The van der Waals surface area contributed by atoms with Crippen molar-refractivity contribution in [1.82, 2.24) is 19.2 Å². The third-order valence-electron chi connectivity index (χ3n) is 10.0. The van der Waals surface area contributed by atoms with Gasteiger partial charge in [0.1, 0.15) is 16.6 Å². The number of ether oxygens (including phenoxy) is 4. The first-order chi connectivity index (χ1) is 26.4. The number of benzene rings is 2. The lowest BCUT2D eigenvalue weighted by molar-refractivity contribution is -0.153. The van der Waals surface area contributed by atoms with E-state index in [1.165, 1.54) is 21.1 Å². The lowest BCUT2D eigenvalue weighted by Crippen LogP contribution is -2.70. The van der Waals surface area contributed by atoms with Gasteiger partial charge in [-0.2, -0.15) is 4.37 Å². The average molecular weight is 791 g/mol. The van der Waals surface area contributed by atoms with Crippen molar-refractivity contribution in [3.05, 3.63) is 70.4 Å². The summed E-state index contributed by atoms with van der Waals surface area (Å²) >= 11 is 2.31. The molecule has 55 heavy (non-hydrogen) atoms. The van der Waals surface area contributed by atoms with Crippen molar-refractivity contribution < 1.29 is 38.1 Å². The first kappa shape index (κ1) is 39.5. The minimum atomic E-state index is -1.91. The standard InChI is InChI=1S/C39H46N6O8S2/c1-8-52-30-15-24(10-12-28(30)50-6)26-17-33(46)44(19-26)35(36(48)42-38-40-23(4)21-54-38)39(5,37(49)41-32-14-22(3)43-55-32)45-20-27(18-34(45)47)25-11-13-29(51-7)31(16-25)53-9-2/h10-16,21,26-27,35H,8-9,17-20H2,1-7H3,(H,41,49)(H,40,42,48). The average Bonchev–Trinajstić information content (AvgIpc) is 3.96. The Morgan fingerprint density at radius 3 is 1.98 bits per heavy atom.